The lowest BCUT2D eigenvalue weighted by Gasteiger charge is -2.40. The fraction of sp³-hybridized carbons (Fsp3) is 0.483. The number of nitrogens with zero attached hydrogens (tertiary/aromatic N) is 2. The average Bonchev–Trinajstić information content (AvgIpc) is 3.66. The van der Waals surface area contributed by atoms with Crippen molar-refractivity contribution in [3.05, 3.63) is 46.3 Å². The highest BCUT2D eigenvalue weighted by Crippen LogP contribution is 2.47. The summed E-state index contributed by atoms with van der Waals surface area (Å²) in [5.41, 5.74) is 2.36. The Morgan fingerprint density at radius 1 is 1.18 bits per heavy atom. The van der Waals surface area contributed by atoms with Gasteiger partial charge in [0, 0.05) is 23.7 Å². The summed E-state index contributed by atoms with van der Waals surface area (Å²) in [7, 11) is 2.76. The molecule has 9 nitrogen and oxygen atoms in total. The molecule has 3 aliphatic rings. The number of aliphatic carboxylic acids is 1. The van der Waals surface area contributed by atoms with Gasteiger partial charge in [0.25, 0.3) is 0 Å². The summed E-state index contributed by atoms with van der Waals surface area (Å²) in [6.07, 6.45) is 1.86. The van der Waals surface area contributed by atoms with E-state index in [1.807, 2.05) is 26.8 Å². The molecule has 0 saturated heterocycles. The minimum absolute atomic E-state index is 0.0549. The minimum Gasteiger partial charge on any atom is -0.493 e. The third-order valence-electron chi connectivity index (χ3n) is 7.58. The molecule has 2 N–H and O–H groups in total. The molecule has 2 aromatic carbocycles. The van der Waals surface area contributed by atoms with Crippen LogP contribution in [0.2, 0.25) is 0 Å². The molecule has 0 aromatic heterocycles. The molecule has 0 spiro atoms. The summed E-state index contributed by atoms with van der Waals surface area (Å²) in [6, 6.07) is 5.15. The molecular formula is C29H34FN3O6. The van der Waals surface area contributed by atoms with Crippen LogP contribution in [0, 0.1) is 11.2 Å². The predicted octanol–water partition coefficient (Wildman–Crippen LogP) is 4.37. The van der Waals surface area contributed by atoms with E-state index in [1.54, 1.807) is 12.1 Å². The quantitative estimate of drug-likeness (QED) is 0.476. The molecule has 10 heteroatoms. The van der Waals surface area contributed by atoms with Crippen LogP contribution in [0.5, 0.6) is 17.2 Å². The van der Waals surface area contributed by atoms with Crippen LogP contribution in [0.25, 0.3) is 0 Å². The second-order valence-corrected chi connectivity index (χ2v) is 11.4. The van der Waals surface area contributed by atoms with Crippen molar-refractivity contribution in [1.29, 1.82) is 5.41 Å². The third-order valence-corrected chi connectivity index (χ3v) is 7.58. The summed E-state index contributed by atoms with van der Waals surface area (Å²) < 4.78 is 31.8. The van der Waals surface area contributed by atoms with Crippen LogP contribution in [0.15, 0.2) is 18.2 Å². The number of rotatable bonds is 8. The molecule has 208 valence electrons. The van der Waals surface area contributed by atoms with Crippen LogP contribution < -0.4 is 19.1 Å². The Morgan fingerprint density at radius 3 is 2.49 bits per heavy atom. The first-order chi connectivity index (χ1) is 18.4. The van der Waals surface area contributed by atoms with Gasteiger partial charge in [-0.3, -0.25) is 15.0 Å². The number of carbonyl (C=O) groups excluding carboxylic acids is 1. The van der Waals surface area contributed by atoms with Crippen molar-refractivity contribution in [3.63, 3.8) is 0 Å². The zero-order valence-electron chi connectivity index (χ0n) is 22.9. The highest BCUT2D eigenvalue weighted by Gasteiger charge is 2.42. The van der Waals surface area contributed by atoms with Crippen LogP contribution in [-0.2, 0) is 16.8 Å². The van der Waals surface area contributed by atoms with Gasteiger partial charge in [-0.05, 0) is 42.0 Å². The van der Waals surface area contributed by atoms with E-state index >= 15 is 4.39 Å². The number of carboxylic acid groups (broad SMARTS) is 1. The molecule has 2 aliphatic heterocycles. The van der Waals surface area contributed by atoms with E-state index in [1.165, 1.54) is 19.1 Å². The van der Waals surface area contributed by atoms with Gasteiger partial charge in [-0.25, -0.2) is 4.39 Å². The monoisotopic (exact) mass is 539 g/mol. The van der Waals surface area contributed by atoms with E-state index in [-0.39, 0.29) is 72.3 Å². The number of hydrogen-bond donors (Lipinski definition) is 2. The molecule has 2 aromatic rings. The Morgan fingerprint density at radius 2 is 1.90 bits per heavy atom. The first-order valence-corrected chi connectivity index (χ1v) is 13.1. The molecule has 2 heterocycles. The second-order valence-electron chi connectivity index (χ2n) is 11.4. The topological polar surface area (TPSA) is 112 Å². The standard InChI is InChI=1S/C29H34FN3O6/c1-29(2,3)19-8-15(9-20-26(19)39-14-18(11-23(35)36)33(20)17-6-7-17)21(34)13-32-12-16-10-22(37-4)27(38-5)25(30)24(16)28(32)31/h8-10,17-18,31H,6-7,11-14H2,1-5H3,(H,35,36). The van der Waals surface area contributed by atoms with Gasteiger partial charge in [-0.15, -0.1) is 0 Å². The maximum atomic E-state index is 15.2. The Bertz CT molecular complexity index is 1360. The van der Waals surface area contributed by atoms with Crippen molar-refractivity contribution in [3.8, 4) is 17.2 Å². The predicted molar refractivity (Wildman–Crippen MR) is 143 cm³/mol. The number of methoxy groups -OCH3 is 2. The maximum Gasteiger partial charge on any atom is 0.305 e. The number of ether oxygens (including phenoxy) is 3. The largest absolute Gasteiger partial charge is 0.493 e. The number of Topliss-reactive ketones (excluding diaryl/α,β-unsaturated/α-hetero) is 1. The van der Waals surface area contributed by atoms with Gasteiger partial charge in [0.1, 0.15) is 18.2 Å². The lowest BCUT2D eigenvalue weighted by atomic mass is 9.83. The Labute approximate surface area is 227 Å². The number of halogens is 1. The van der Waals surface area contributed by atoms with E-state index < -0.39 is 11.8 Å². The van der Waals surface area contributed by atoms with Gasteiger partial charge < -0.3 is 29.1 Å². The molecular weight excluding hydrogens is 505 g/mol. The summed E-state index contributed by atoms with van der Waals surface area (Å²) in [5, 5.41) is 18.1. The van der Waals surface area contributed by atoms with Gasteiger partial charge in [-0.2, -0.15) is 0 Å². The number of benzene rings is 2. The van der Waals surface area contributed by atoms with E-state index in [4.69, 9.17) is 19.6 Å². The lowest BCUT2D eigenvalue weighted by Crippen LogP contribution is -2.46. The van der Waals surface area contributed by atoms with Gasteiger partial charge in [-0.1, -0.05) is 20.8 Å². The van der Waals surface area contributed by atoms with Crippen LogP contribution in [0.1, 0.15) is 67.1 Å². The van der Waals surface area contributed by atoms with E-state index in [0.29, 0.717) is 16.9 Å². The molecule has 1 fully saturated rings. The molecule has 0 radical (unpaired) electrons. The highest BCUT2D eigenvalue weighted by atomic mass is 19.1. The smallest absolute Gasteiger partial charge is 0.305 e. The normalized spacial score (nSPS) is 18.4. The average molecular weight is 540 g/mol. The van der Waals surface area contributed by atoms with Gasteiger partial charge >= 0.3 is 5.97 Å². The van der Waals surface area contributed by atoms with Crippen molar-refractivity contribution < 1.29 is 33.3 Å². The number of hydrogen-bond acceptors (Lipinski definition) is 7. The summed E-state index contributed by atoms with van der Waals surface area (Å²) in [5.74, 6) is -1.04. The molecule has 39 heavy (non-hydrogen) atoms. The van der Waals surface area contributed by atoms with Crippen LogP contribution in [0.3, 0.4) is 0 Å². The summed E-state index contributed by atoms with van der Waals surface area (Å²) in [4.78, 5) is 29.0. The van der Waals surface area contributed by atoms with Gasteiger partial charge in [0.05, 0.1) is 44.5 Å². The third kappa shape index (κ3) is 4.77. The molecule has 1 saturated carbocycles. The zero-order valence-corrected chi connectivity index (χ0v) is 22.9. The van der Waals surface area contributed by atoms with Gasteiger partial charge in [0.15, 0.2) is 23.1 Å². The van der Waals surface area contributed by atoms with Crippen LogP contribution in [-0.4, -0.2) is 67.0 Å². The Balaban J connectivity index is 1.49. The first kappa shape index (κ1) is 26.8. The molecule has 1 atom stereocenters. The fourth-order valence-corrected chi connectivity index (χ4v) is 5.56. The number of anilines is 1. The van der Waals surface area contributed by atoms with E-state index in [9.17, 15) is 14.7 Å². The number of carboxylic acids is 1. The molecule has 5 rings (SSSR count). The first-order valence-electron chi connectivity index (χ1n) is 13.1. The lowest BCUT2D eigenvalue weighted by molar-refractivity contribution is -0.137. The van der Waals surface area contributed by atoms with Crippen molar-refractivity contribution in [2.75, 3.05) is 32.3 Å². The van der Waals surface area contributed by atoms with Gasteiger partial charge in [0.2, 0.25) is 0 Å². The van der Waals surface area contributed by atoms with Crippen molar-refractivity contribution >= 4 is 23.3 Å². The van der Waals surface area contributed by atoms with Crippen molar-refractivity contribution in [2.24, 2.45) is 0 Å². The second kappa shape index (κ2) is 9.73. The molecule has 0 bridgehead atoms. The number of amidine groups is 1. The molecule has 1 unspecified atom stereocenters. The minimum atomic E-state index is -0.895. The summed E-state index contributed by atoms with van der Waals surface area (Å²) in [6.45, 7) is 6.47. The SMILES string of the molecule is COc1cc2c(c(F)c1OC)C(=N)N(CC(=O)c1cc3c(c(C(C)(C)C)c1)OCC(CC(=O)O)N3C1CC1)C2. The van der Waals surface area contributed by atoms with Crippen molar-refractivity contribution in [2.45, 2.75) is 64.1 Å². The Kier molecular flexibility index (Phi) is 6.68. The van der Waals surface area contributed by atoms with E-state index in [0.717, 1.165) is 24.1 Å². The molecule has 1 aliphatic carbocycles. The number of ketones is 1. The van der Waals surface area contributed by atoms with Crippen LogP contribution in [0.4, 0.5) is 10.1 Å². The number of carbonyl (C=O) groups is 2. The number of nitrogens with one attached hydrogen (secondary N) is 1. The van der Waals surface area contributed by atoms with Crippen molar-refractivity contribution in [1.82, 2.24) is 4.90 Å². The Hall–Kier alpha value is -3.82. The van der Waals surface area contributed by atoms with Crippen LogP contribution >= 0.6 is 0 Å². The molecule has 0 amide bonds. The highest BCUT2D eigenvalue weighted by molar-refractivity contribution is 6.06. The number of fused-ring (bicyclic) bond motifs is 2. The van der Waals surface area contributed by atoms with E-state index in [2.05, 4.69) is 4.90 Å². The maximum absolute atomic E-state index is 15.2. The summed E-state index contributed by atoms with van der Waals surface area (Å²) >= 11 is 0. The fourth-order valence-electron chi connectivity index (χ4n) is 5.56. The zero-order chi connectivity index (χ0) is 28.2.